The highest BCUT2D eigenvalue weighted by atomic mass is 35.5. The first-order valence-electron chi connectivity index (χ1n) is 3.43. The minimum Gasteiger partial charge on any atom is -0.433 e. The van der Waals surface area contributed by atoms with Crippen molar-refractivity contribution in [2.75, 3.05) is 0 Å². The first-order valence-corrected chi connectivity index (χ1v) is 3.81. The zero-order chi connectivity index (χ0) is 10.7. The van der Waals surface area contributed by atoms with Crippen LogP contribution in [0.15, 0.2) is 12.1 Å². The van der Waals surface area contributed by atoms with Crippen LogP contribution < -0.4 is 4.74 Å². The number of carbonyl (C=O) groups excluding carboxylic acids is 1. The lowest BCUT2D eigenvalue weighted by Gasteiger charge is -2.07. The summed E-state index contributed by atoms with van der Waals surface area (Å²) < 4.78 is 40.3. The fraction of sp³-hybridized carbons (Fsp3) is 0.125. The summed E-state index contributed by atoms with van der Waals surface area (Å²) in [5, 5.41) is -0.312. The van der Waals surface area contributed by atoms with Crippen LogP contribution in [0.5, 0.6) is 5.75 Å². The average molecular weight is 225 g/mol. The molecule has 0 spiro atoms. The number of benzene rings is 1. The molecule has 6 heteroatoms. The van der Waals surface area contributed by atoms with E-state index in [0.29, 0.717) is 0 Å². The van der Waals surface area contributed by atoms with E-state index in [1.807, 2.05) is 0 Å². The van der Waals surface area contributed by atoms with Gasteiger partial charge in [-0.3, -0.25) is 4.79 Å². The predicted molar refractivity (Wildman–Crippen MR) is 43.4 cm³/mol. The van der Waals surface area contributed by atoms with Gasteiger partial charge in [0.2, 0.25) is 0 Å². The van der Waals surface area contributed by atoms with E-state index in [-0.39, 0.29) is 16.9 Å². The summed E-state index contributed by atoms with van der Waals surface area (Å²) >= 11 is 5.39. The van der Waals surface area contributed by atoms with Gasteiger partial charge in [0.15, 0.2) is 6.29 Å². The summed E-state index contributed by atoms with van der Waals surface area (Å²) in [6, 6.07) is 1.56. The fourth-order valence-corrected chi connectivity index (χ4v) is 1.02. The molecule has 0 aliphatic heterocycles. The highest BCUT2D eigenvalue weighted by molar-refractivity contribution is 6.32. The third kappa shape index (κ3) is 2.38. The molecule has 2 nitrogen and oxygen atoms in total. The van der Waals surface area contributed by atoms with E-state index < -0.39 is 18.2 Å². The molecule has 0 atom stereocenters. The number of hydrogen-bond donors (Lipinski definition) is 0. The molecule has 0 amide bonds. The van der Waals surface area contributed by atoms with Crippen LogP contribution >= 0.6 is 11.6 Å². The van der Waals surface area contributed by atoms with Gasteiger partial charge in [0, 0.05) is 0 Å². The molecule has 0 unspecified atom stereocenters. The molecule has 1 rings (SSSR count). The predicted octanol–water partition coefficient (Wildman–Crippen LogP) is 2.89. The van der Waals surface area contributed by atoms with Crippen LogP contribution in [0, 0.1) is 5.82 Å². The van der Waals surface area contributed by atoms with E-state index in [1.54, 1.807) is 0 Å². The first kappa shape index (κ1) is 10.8. The third-order valence-corrected chi connectivity index (χ3v) is 1.69. The fourth-order valence-electron chi connectivity index (χ4n) is 0.821. The normalized spacial score (nSPS) is 10.4. The van der Waals surface area contributed by atoms with Gasteiger partial charge in [-0.05, 0) is 12.1 Å². The van der Waals surface area contributed by atoms with Gasteiger partial charge in [-0.25, -0.2) is 4.39 Å². The van der Waals surface area contributed by atoms with Crippen molar-refractivity contribution >= 4 is 17.9 Å². The summed E-state index contributed by atoms with van der Waals surface area (Å²) in [5.41, 5.74) is -0.384. The zero-order valence-electron chi connectivity index (χ0n) is 6.64. The van der Waals surface area contributed by atoms with E-state index in [2.05, 4.69) is 4.74 Å². The molecule has 0 saturated carbocycles. The van der Waals surface area contributed by atoms with Crippen molar-refractivity contribution in [2.24, 2.45) is 0 Å². The average Bonchev–Trinajstić information content (AvgIpc) is 2.09. The van der Waals surface area contributed by atoms with Crippen molar-refractivity contribution in [3.05, 3.63) is 28.5 Å². The van der Waals surface area contributed by atoms with Crippen molar-refractivity contribution in [3.63, 3.8) is 0 Å². The van der Waals surface area contributed by atoms with Crippen molar-refractivity contribution in [1.29, 1.82) is 0 Å². The molecule has 0 aliphatic carbocycles. The summed E-state index contributed by atoms with van der Waals surface area (Å²) in [4.78, 5) is 10.3. The number of hydrogen-bond acceptors (Lipinski definition) is 2. The number of carbonyl (C=O) groups is 1. The molecule has 0 bridgehead atoms. The van der Waals surface area contributed by atoms with Crippen molar-refractivity contribution < 1.29 is 22.7 Å². The van der Waals surface area contributed by atoms with Crippen molar-refractivity contribution in [3.8, 4) is 5.75 Å². The van der Waals surface area contributed by atoms with Gasteiger partial charge in [0.25, 0.3) is 0 Å². The van der Waals surface area contributed by atoms with Crippen LogP contribution in [0.2, 0.25) is 5.02 Å². The quantitative estimate of drug-likeness (QED) is 0.738. The van der Waals surface area contributed by atoms with E-state index in [4.69, 9.17) is 11.6 Å². The zero-order valence-corrected chi connectivity index (χ0v) is 7.39. The van der Waals surface area contributed by atoms with Gasteiger partial charge in [-0.15, -0.1) is 0 Å². The molecule has 76 valence electrons. The number of ether oxygens (including phenoxy) is 1. The Morgan fingerprint density at radius 1 is 1.43 bits per heavy atom. The monoisotopic (exact) mass is 224 g/mol. The second kappa shape index (κ2) is 4.32. The first-order chi connectivity index (χ1) is 6.54. The number of aldehydes is 1. The Bertz CT molecular complexity index is 355. The molecular weight excluding hydrogens is 221 g/mol. The Labute approximate surface area is 82.2 Å². The minimum absolute atomic E-state index is 0.185. The summed E-state index contributed by atoms with van der Waals surface area (Å²) in [5.74, 6) is -1.31. The van der Waals surface area contributed by atoms with E-state index >= 15 is 0 Å². The van der Waals surface area contributed by atoms with E-state index in [0.717, 1.165) is 12.1 Å². The SMILES string of the molecule is O=Cc1cc(OC(F)F)c(Cl)cc1F. The molecule has 0 radical (unpaired) electrons. The van der Waals surface area contributed by atoms with Gasteiger partial charge in [0.1, 0.15) is 11.6 Å². The molecule has 14 heavy (non-hydrogen) atoms. The van der Waals surface area contributed by atoms with Gasteiger partial charge in [0.05, 0.1) is 10.6 Å². The van der Waals surface area contributed by atoms with Crippen LogP contribution in [0.4, 0.5) is 13.2 Å². The summed E-state index contributed by atoms with van der Waals surface area (Å²) in [7, 11) is 0. The van der Waals surface area contributed by atoms with Gasteiger partial charge >= 0.3 is 6.61 Å². The van der Waals surface area contributed by atoms with Crippen LogP contribution in [-0.4, -0.2) is 12.9 Å². The Morgan fingerprint density at radius 3 is 2.57 bits per heavy atom. The van der Waals surface area contributed by atoms with Crippen molar-refractivity contribution in [2.45, 2.75) is 6.61 Å². The number of alkyl halides is 2. The van der Waals surface area contributed by atoms with E-state index in [9.17, 15) is 18.0 Å². The summed E-state index contributed by atoms with van der Waals surface area (Å²) in [6.07, 6.45) is 0.185. The largest absolute Gasteiger partial charge is 0.433 e. The smallest absolute Gasteiger partial charge is 0.387 e. The maximum absolute atomic E-state index is 12.8. The second-order valence-corrected chi connectivity index (χ2v) is 2.71. The highest BCUT2D eigenvalue weighted by Gasteiger charge is 2.12. The van der Waals surface area contributed by atoms with Gasteiger partial charge in [-0.1, -0.05) is 11.6 Å². The van der Waals surface area contributed by atoms with Crippen molar-refractivity contribution in [1.82, 2.24) is 0 Å². The Balaban J connectivity index is 3.10. The Kier molecular flexibility index (Phi) is 3.35. The molecule has 1 aromatic carbocycles. The van der Waals surface area contributed by atoms with Gasteiger partial charge < -0.3 is 4.74 Å². The molecule has 0 heterocycles. The van der Waals surface area contributed by atoms with Crippen LogP contribution in [0.25, 0.3) is 0 Å². The minimum atomic E-state index is -3.07. The maximum Gasteiger partial charge on any atom is 0.387 e. The number of rotatable bonds is 3. The lowest BCUT2D eigenvalue weighted by atomic mass is 10.2. The van der Waals surface area contributed by atoms with Gasteiger partial charge in [-0.2, -0.15) is 8.78 Å². The Morgan fingerprint density at radius 2 is 2.07 bits per heavy atom. The standard InChI is InChI=1S/C8H4ClF3O2/c9-5-2-6(10)4(3-13)1-7(5)14-8(11)12/h1-3,8H. The Hall–Kier alpha value is -1.23. The molecule has 0 fully saturated rings. The van der Waals surface area contributed by atoms with E-state index in [1.165, 1.54) is 0 Å². The summed E-state index contributed by atoms with van der Waals surface area (Å²) in [6.45, 7) is -3.07. The molecule has 0 saturated heterocycles. The second-order valence-electron chi connectivity index (χ2n) is 2.30. The molecule has 0 aromatic heterocycles. The topological polar surface area (TPSA) is 26.3 Å². The lowest BCUT2D eigenvalue weighted by Crippen LogP contribution is -2.03. The van der Waals surface area contributed by atoms with Crippen LogP contribution in [0.1, 0.15) is 10.4 Å². The molecule has 0 aliphatic rings. The van der Waals surface area contributed by atoms with Crippen LogP contribution in [-0.2, 0) is 0 Å². The van der Waals surface area contributed by atoms with Crippen LogP contribution in [0.3, 0.4) is 0 Å². The third-order valence-electron chi connectivity index (χ3n) is 1.39. The maximum atomic E-state index is 12.8. The highest BCUT2D eigenvalue weighted by Crippen LogP contribution is 2.28. The molecule has 0 N–H and O–H groups in total. The number of halogens is 4. The molecular formula is C8H4ClF3O2. The lowest BCUT2D eigenvalue weighted by molar-refractivity contribution is -0.0498. The molecule has 1 aromatic rings.